The number of nitrogens with zero attached hydrogens (tertiary/aromatic N) is 3. The molecule has 4 rings (SSSR count). The summed E-state index contributed by atoms with van der Waals surface area (Å²) in [6.07, 6.45) is 4.22. The molecule has 1 unspecified atom stereocenters. The SMILES string of the molecule is COc1ccc(C2=NN(C(=O)CN3CCCCC3)C(c3ccccc3C)C2)c(OC)c1. The number of rotatable bonds is 6. The summed E-state index contributed by atoms with van der Waals surface area (Å²) in [6, 6.07) is 13.9. The van der Waals surface area contributed by atoms with Crippen LogP contribution in [0.3, 0.4) is 0 Å². The number of carbonyl (C=O) groups is 1. The Kier molecular flexibility index (Phi) is 6.56. The lowest BCUT2D eigenvalue weighted by Crippen LogP contribution is -2.40. The maximum Gasteiger partial charge on any atom is 0.257 e. The van der Waals surface area contributed by atoms with Crippen LogP contribution < -0.4 is 9.47 Å². The van der Waals surface area contributed by atoms with Gasteiger partial charge >= 0.3 is 0 Å². The number of methoxy groups -OCH3 is 2. The minimum atomic E-state index is -0.111. The third-order valence-electron chi connectivity index (χ3n) is 6.24. The Labute approximate surface area is 184 Å². The van der Waals surface area contributed by atoms with Gasteiger partial charge in [0, 0.05) is 18.1 Å². The lowest BCUT2D eigenvalue weighted by molar-refractivity contribution is -0.134. The van der Waals surface area contributed by atoms with Crippen LogP contribution >= 0.6 is 0 Å². The molecule has 1 atom stereocenters. The van der Waals surface area contributed by atoms with Crippen molar-refractivity contribution in [1.82, 2.24) is 9.91 Å². The third-order valence-corrected chi connectivity index (χ3v) is 6.24. The molecule has 31 heavy (non-hydrogen) atoms. The van der Waals surface area contributed by atoms with E-state index in [4.69, 9.17) is 14.6 Å². The lowest BCUT2D eigenvalue weighted by atomic mass is 9.95. The predicted molar refractivity (Wildman–Crippen MR) is 122 cm³/mol. The van der Waals surface area contributed by atoms with Gasteiger partial charge in [-0.15, -0.1) is 0 Å². The summed E-state index contributed by atoms with van der Waals surface area (Å²) in [5.74, 6) is 1.48. The van der Waals surface area contributed by atoms with E-state index in [0.717, 1.165) is 48.5 Å². The fourth-order valence-corrected chi connectivity index (χ4v) is 4.52. The van der Waals surface area contributed by atoms with Crippen LogP contribution in [-0.4, -0.2) is 55.4 Å². The number of likely N-dealkylation sites (tertiary alicyclic amines) is 1. The maximum atomic E-state index is 13.4. The van der Waals surface area contributed by atoms with E-state index in [1.165, 1.54) is 12.0 Å². The van der Waals surface area contributed by atoms with Crippen LogP contribution in [0.5, 0.6) is 11.5 Å². The smallest absolute Gasteiger partial charge is 0.257 e. The van der Waals surface area contributed by atoms with Gasteiger partial charge in [-0.05, 0) is 56.1 Å². The van der Waals surface area contributed by atoms with E-state index in [-0.39, 0.29) is 11.9 Å². The summed E-state index contributed by atoms with van der Waals surface area (Å²) in [5.41, 5.74) is 4.07. The van der Waals surface area contributed by atoms with Gasteiger partial charge in [0.05, 0.1) is 32.5 Å². The number of carbonyl (C=O) groups excluding carboxylic acids is 1. The molecule has 1 fully saturated rings. The highest BCUT2D eigenvalue weighted by Crippen LogP contribution is 2.37. The normalized spacial score (nSPS) is 19.3. The molecule has 2 aliphatic heterocycles. The number of ether oxygens (including phenoxy) is 2. The van der Waals surface area contributed by atoms with Gasteiger partial charge in [-0.3, -0.25) is 9.69 Å². The molecule has 0 radical (unpaired) electrons. The molecular formula is C25H31N3O3. The number of aryl methyl sites for hydroxylation is 1. The highest BCUT2D eigenvalue weighted by atomic mass is 16.5. The summed E-state index contributed by atoms with van der Waals surface area (Å²) in [4.78, 5) is 15.6. The van der Waals surface area contributed by atoms with Crippen molar-refractivity contribution in [3.63, 3.8) is 0 Å². The Bertz CT molecular complexity index is 966. The summed E-state index contributed by atoms with van der Waals surface area (Å²) < 4.78 is 10.9. The van der Waals surface area contributed by atoms with Gasteiger partial charge < -0.3 is 9.47 Å². The van der Waals surface area contributed by atoms with Gasteiger partial charge in [-0.25, -0.2) is 5.01 Å². The molecule has 2 heterocycles. The molecule has 0 bridgehead atoms. The molecular weight excluding hydrogens is 390 g/mol. The first-order valence-corrected chi connectivity index (χ1v) is 11.0. The van der Waals surface area contributed by atoms with Gasteiger partial charge in [0.2, 0.25) is 0 Å². The van der Waals surface area contributed by atoms with Crippen LogP contribution in [0.15, 0.2) is 47.6 Å². The quantitative estimate of drug-likeness (QED) is 0.702. The zero-order valence-electron chi connectivity index (χ0n) is 18.6. The molecule has 0 aromatic heterocycles. The number of piperidine rings is 1. The molecule has 2 aliphatic rings. The van der Waals surface area contributed by atoms with E-state index in [1.807, 2.05) is 30.3 Å². The van der Waals surface area contributed by atoms with Crippen LogP contribution in [0.1, 0.15) is 48.4 Å². The molecule has 1 saturated heterocycles. The first-order chi connectivity index (χ1) is 15.1. The van der Waals surface area contributed by atoms with Crippen molar-refractivity contribution < 1.29 is 14.3 Å². The molecule has 164 valence electrons. The summed E-state index contributed by atoms with van der Waals surface area (Å²) in [5, 5.41) is 6.54. The molecule has 2 aromatic rings. The Morgan fingerprint density at radius 3 is 2.55 bits per heavy atom. The van der Waals surface area contributed by atoms with Gasteiger partial charge in [-0.1, -0.05) is 30.7 Å². The number of hydrazone groups is 1. The fraction of sp³-hybridized carbons (Fsp3) is 0.440. The zero-order valence-corrected chi connectivity index (χ0v) is 18.6. The first kappa shape index (κ1) is 21.4. The second kappa shape index (κ2) is 9.52. The fourth-order valence-electron chi connectivity index (χ4n) is 4.52. The lowest BCUT2D eigenvalue weighted by Gasteiger charge is -2.29. The Morgan fingerprint density at radius 1 is 1.06 bits per heavy atom. The Hall–Kier alpha value is -2.86. The van der Waals surface area contributed by atoms with Crippen molar-refractivity contribution >= 4 is 11.6 Å². The van der Waals surface area contributed by atoms with E-state index in [1.54, 1.807) is 19.2 Å². The van der Waals surface area contributed by atoms with E-state index >= 15 is 0 Å². The van der Waals surface area contributed by atoms with Crippen molar-refractivity contribution in [2.45, 2.75) is 38.6 Å². The average molecular weight is 422 g/mol. The molecule has 6 heteroatoms. The standard InChI is InChI=1S/C25H31N3O3/c1-18-9-5-6-10-20(18)23-16-22(21-12-11-19(30-2)15-24(21)31-3)26-28(23)25(29)17-27-13-7-4-8-14-27/h5-6,9-12,15,23H,4,7-8,13-14,16-17H2,1-3H3. The van der Waals surface area contributed by atoms with Crippen molar-refractivity contribution in [3.05, 3.63) is 59.2 Å². The zero-order chi connectivity index (χ0) is 21.8. The van der Waals surface area contributed by atoms with Gasteiger partial charge in [0.1, 0.15) is 11.5 Å². The molecule has 0 aliphatic carbocycles. The monoisotopic (exact) mass is 421 g/mol. The van der Waals surface area contributed by atoms with Crippen LogP contribution in [0, 0.1) is 6.92 Å². The predicted octanol–water partition coefficient (Wildman–Crippen LogP) is 4.18. The number of hydrogen-bond acceptors (Lipinski definition) is 5. The summed E-state index contributed by atoms with van der Waals surface area (Å²) in [6.45, 7) is 4.47. The molecule has 1 amide bonds. The Balaban J connectivity index is 1.66. The van der Waals surface area contributed by atoms with Crippen molar-refractivity contribution in [2.75, 3.05) is 33.9 Å². The van der Waals surface area contributed by atoms with Crippen molar-refractivity contribution in [3.8, 4) is 11.5 Å². The maximum absolute atomic E-state index is 13.4. The second-order valence-corrected chi connectivity index (χ2v) is 8.26. The number of amides is 1. The highest BCUT2D eigenvalue weighted by molar-refractivity contribution is 6.05. The van der Waals surface area contributed by atoms with Crippen LogP contribution in [0.2, 0.25) is 0 Å². The average Bonchev–Trinajstić information content (AvgIpc) is 3.24. The molecule has 0 N–H and O–H groups in total. The molecule has 0 spiro atoms. The van der Waals surface area contributed by atoms with Crippen molar-refractivity contribution in [2.24, 2.45) is 5.10 Å². The third kappa shape index (κ3) is 4.59. The number of benzene rings is 2. The minimum Gasteiger partial charge on any atom is -0.497 e. The van der Waals surface area contributed by atoms with Crippen LogP contribution in [0.4, 0.5) is 0 Å². The van der Waals surface area contributed by atoms with Crippen LogP contribution in [0.25, 0.3) is 0 Å². The van der Waals surface area contributed by atoms with Gasteiger partial charge in [0.25, 0.3) is 5.91 Å². The second-order valence-electron chi connectivity index (χ2n) is 8.26. The molecule has 0 saturated carbocycles. The van der Waals surface area contributed by atoms with E-state index < -0.39 is 0 Å². The van der Waals surface area contributed by atoms with E-state index in [2.05, 4.69) is 24.0 Å². The van der Waals surface area contributed by atoms with E-state index in [0.29, 0.717) is 18.7 Å². The largest absolute Gasteiger partial charge is 0.497 e. The van der Waals surface area contributed by atoms with Crippen molar-refractivity contribution in [1.29, 1.82) is 0 Å². The van der Waals surface area contributed by atoms with E-state index in [9.17, 15) is 4.79 Å². The highest BCUT2D eigenvalue weighted by Gasteiger charge is 2.35. The summed E-state index contributed by atoms with van der Waals surface area (Å²) >= 11 is 0. The minimum absolute atomic E-state index is 0.0534. The van der Waals surface area contributed by atoms with Gasteiger partial charge in [-0.2, -0.15) is 5.10 Å². The topological polar surface area (TPSA) is 54.4 Å². The number of hydrogen-bond donors (Lipinski definition) is 0. The molecule has 6 nitrogen and oxygen atoms in total. The van der Waals surface area contributed by atoms with Gasteiger partial charge in [0.15, 0.2) is 0 Å². The first-order valence-electron chi connectivity index (χ1n) is 11.0. The van der Waals surface area contributed by atoms with Crippen LogP contribution in [-0.2, 0) is 4.79 Å². The summed E-state index contributed by atoms with van der Waals surface area (Å²) in [7, 11) is 3.28. The molecule has 2 aromatic carbocycles. The Morgan fingerprint density at radius 2 is 1.84 bits per heavy atom.